The molecule has 8 nitrogen and oxygen atoms in total. The maximum Gasteiger partial charge on any atom is 0.339 e. The van der Waals surface area contributed by atoms with Gasteiger partial charge in [-0.15, -0.1) is 0 Å². The van der Waals surface area contributed by atoms with Gasteiger partial charge < -0.3 is 9.47 Å². The lowest BCUT2D eigenvalue weighted by Crippen LogP contribution is -2.29. The third-order valence-corrected chi connectivity index (χ3v) is 8.73. The van der Waals surface area contributed by atoms with Crippen LogP contribution in [0.5, 0.6) is 0 Å². The van der Waals surface area contributed by atoms with E-state index in [4.69, 9.17) is 26.1 Å². The first-order valence-corrected chi connectivity index (χ1v) is 15.2. The highest BCUT2D eigenvalue weighted by molar-refractivity contribution is 7.21. The summed E-state index contributed by atoms with van der Waals surface area (Å²) in [6.45, 7) is 7.62. The summed E-state index contributed by atoms with van der Waals surface area (Å²) in [5.74, 6) is -0.503. The summed E-state index contributed by atoms with van der Waals surface area (Å²) < 4.78 is 15.7. The van der Waals surface area contributed by atoms with Gasteiger partial charge in [0.25, 0.3) is 5.56 Å². The van der Waals surface area contributed by atoms with E-state index in [1.807, 2.05) is 100 Å². The van der Waals surface area contributed by atoms with Gasteiger partial charge in [-0.1, -0.05) is 41.1 Å². The number of fused-ring (bicyclic) bond motifs is 2. The zero-order valence-corrected chi connectivity index (χ0v) is 26.8. The smallest absolute Gasteiger partial charge is 0.339 e. The number of nitrogens with zero attached hydrogens (tertiary/aromatic N) is 4. The molecule has 0 aliphatic carbocycles. The third-order valence-electron chi connectivity index (χ3n) is 7.39. The molecular formula is C34H31ClN4O4S. The third kappa shape index (κ3) is 5.54. The van der Waals surface area contributed by atoms with Crippen LogP contribution >= 0.6 is 22.9 Å². The first-order chi connectivity index (χ1) is 20.9. The number of rotatable bonds is 6. The lowest BCUT2D eigenvalue weighted by molar-refractivity contribution is -0.164. The van der Waals surface area contributed by atoms with Crippen molar-refractivity contribution in [1.29, 1.82) is 0 Å². The molecule has 0 N–H and O–H groups in total. The predicted molar refractivity (Wildman–Crippen MR) is 176 cm³/mol. The summed E-state index contributed by atoms with van der Waals surface area (Å²) >= 11 is 7.64. The number of aryl methyl sites for hydroxylation is 2. The van der Waals surface area contributed by atoms with Crippen molar-refractivity contribution in [3.63, 3.8) is 0 Å². The first kappa shape index (κ1) is 29.7. The van der Waals surface area contributed by atoms with Crippen molar-refractivity contribution in [2.75, 3.05) is 7.11 Å². The zero-order valence-electron chi connectivity index (χ0n) is 25.2. The van der Waals surface area contributed by atoms with Gasteiger partial charge in [0.05, 0.1) is 34.6 Å². The molecule has 3 aromatic carbocycles. The number of carbonyl (C=O) groups excluding carboxylic acids is 1. The van der Waals surface area contributed by atoms with Crippen molar-refractivity contribution in [3.8, 4) is 27.4 Å². The van der Waals surface area contributed by atoms with E-state index in [2.05, 4.69) is 11.2 Å². The van der Waals surface area contributed by atoms with Crippen LogP contribution in [0.15, 0.2) is 77.9 Å². The van der Waals surface area contributed by atoms with Crippen LogP contribution in [-0.4, -0.2) is 38.0 Å². The summed E-state index contributed by atoms with van der Waals surface area (Å²) in [5, 5.41) is 6.45. The minimum atomic E-state index is -0.992. The fourth-order valence-corrected chi connectivity index (χ4v) is 6.61. The van der Waals surface area contributed by atoms with Gasteiger partial charge in [-0.3, -0.25) is 14.0 Å². The second kappa shape index (κ2) is 11.3. The Morgan fingerprint density at radius 2 is 1.70 bits per heavy atom. The van der Waals surface area contributed by atoms with Gasteiger partial charge in [-0.05, 0) is 86.3 Å². The average molecular weight is 627 g/mol. The number of pyridine rings is 1. The maximum atomic E-state index is 13.2. The van der Waals surface area contributed by atoms with Crippen LogP contribution in [0.1, 0.15) is 38.0 Å². The highest BCUT2D eigenvalue weighted by Crippen LogP contribution is 2.43. The van der Waals surface area contributed by atoms with E-state index in [0.29, 0.717) is 21.2 Å². The van der Waals surface area contributed by atoms with Crippen LogP contribution in [-0.2, 0) is 21.3 Å². The molecule has 0 amide bonds. The Balaban J connectivity index is 1.57. The standard InChI is InChI=1S/C34H31ClN4O4S/c1-19-15-25-31(29(20-7-11-24(35)12-8-20)28(19)30(32(41)42-6)43-34(2,3)4)44-33(37-25)39-18-22(10-14-27(39)40)21-9-13-26-23(16-21)17-36-38(26)5/h7-18,30H,1-6H3/t30-/m0/s1. The molecule has 224 valence electrons. The highest BCUT2D eigenvalue weighted by Gasteiger charge is 2.33. The van der Waals surface area contributed by atoms with Gasteiger partial charge in [-0.2, -0.15) is 5.10 Å². The monoisotopic (exact) mass is 626 g/mol. The van der Waals surface area contributed by atoms with Gasteiger partial charge in [0.15, 0.2) is 11.2 Å². The van der Waals surface area contributed by atoms with Crippen LogP contribution < -0.4 is 5.56 Å². The first-order valence-electron chi connectivity index (χ1n) is 14.0. The molecule has 1 atom stereocenters. The number of methoxy groups -OCH3 is 1. The molecule has 0 unspecified atom stereocenters. The molecule has 6 rings (SSSR count). The number of halogens is 1. The normalized spacial score (nSPS) is 12.6. The molecule has 3 aromatic heterocycles. The lowest BCUT2D eigenvalue weighted by Gasteiger charge is -2.28. The second-order valence-corrected chi connectivity index (χ2v) is 13.0. The summed E-state index contributed by atoms with van der Waals surface area (Å²) in [7, 11) is 3.26. The number of benzene rings is 3. The van der Waals surface area contributed by atoms with Gasteiger partial charge in [0, 0.05) is 40.8 Å². The average Bonchev–Trinajstić information content (AvgIpc) is 3.58. The molecule has 6 aromatic rings. The Morgan fingerprint density at radius 3 is 2.41 bits per heavy atom. The topological polar surface area (TPSA) is 88.2 Å². The molecule has 0 bridgehead atoms. The number of hydrogen-bond acceptors (Lipinski definition) is 7. The predicted octanol–water partition coefficient (Wildman–Crippen LogP) is 7.66. The van der Waals surface area contributed by atoms with Crippen molar-refractivity contribution in [2.24, 2.45) is 7.05 Å². The summed E-state index contributed by atoms with van der Waals surface area (Å²) in [6, 6.07) is 18.8. The largest absolute Gasteiger partial charge is 0.467 e. The van der Waals surface area contributed by atoms with E-state index in [0.717, 1.165) is 43.4 Å². The van der Waals surface area contributed by atoms with Crippen LogP contribution in [0.3, 0.4) is 0 Å². The van der Waals surface area contributed by atoms with Crippen LogP contribution in [0.25, 0.3) is 48.5 Å². The number of thiazole rings is 1. The van der Waals surface area contributed by atoms with Gasteiger partial charge in [0.2, 0.25) is 0 Å². The highest BCUT2D eigenvalue weighted by atomic mass is 35.5. The number of esters is 1. The lowest BCUT2D eigenvalue weighted by atomic mass is 9.91. The minimum Gasteiger partial charge on any atom is -0.467 e. The molecule has 0 spiro atoms. The van der Waals surface area contributed by atoms with Gasteiger partial charge in [-0.25, -0.2) is 9.78 Å². The molecule has 0 saturated carbocycles. The number of carbonyl (C=O) groups is 1. The van der Waals surface area contributed by atoms with E-state index in [9.17, 15) is 9.59 Å². The van der Waals surface area contributed by atoms with Crippen molar-refractivity contribution >= 4 is 50.0 Å². The van der Waals surface area contributed by atoms with E-state index >= 15 is 0 Å². The molecule has 0 fully saturated rings. The summed E-state index contributed by atoms with van der Waals surface area (Å²) in [4.78, 5) is 31.4. The molecule has 0 aliphatic heterocycles. The summed E-state index contributed by atoms with van der Waals surface area (Å²) in [5.41, 5.74) is 5.82. The Morgan fingerprint density at radius 1 is 1.00 bits per heavy atom. The van der Waals surface area contributed by atoms with E-state index in [1.165, 1.54) is 18.4 Å². The van der Waals surface area contributed by atoms with Crippen LogP contribution in [0.2, 0.25) is 5.02 Å². The molecule has 10 heteroatoms. The number of aromatic nitrogens is 4. The van der Waals surface area contributed by atoms with E-state index < -0.39 is 17.7 Å². The molecule has 0 radical (unpaired) electrons. The Bertz CT molecular complexity index is 2110. The number of hydrogen-bond donors (Lipinski definition) is 0. The minimum absolute atomic E-state index is 0.205. The Kier molecular flexibility index (Phi) is 7.65. The fourth-order valence-electron chi connectivity index (χ4n) is 5.38. The van der Waals surface area contributed by atoms with Crippen molar-refractivity contribution in [2.45, 2.75) is 39.4 Å². The second-order valence-electron chi connectivity index (χ2n) is 11.6. The molecule has 44 heavy (non-hydrogen) atoms. The quantitative estimate of drug-likeness (QED) is 0.176. The Hall–Kier alpha value is -4.31. The maximum absolute atomic E-state index is 13.2. The van der Waals surface area contributed by atoms with E-state index in [-0.39, 0.29) is 5.56 Å². The molecule has 0 aliphatic rings. The van der Waals surface area contributed by atoms with E-state index in [1.54, 1.807) is 10.6 Å². The number of ether oxygens (including phenoxy) is 2. The molecular weight excluding hydrogens is 596 g/mol. The van der Waals surface area contributed by atoms with Crippen LogP contribution in [0.4, 0.5) is 0 Å². The summed E-state index contributed by atoms with van der Waals surface area (Å²) in [6.07, 6.45) is 2.65. The molecule has 0 saturated heterocycles. The fraction of sp³-hybridized carbons (Fsp3) is 0.235. The van der Waals surface area contributed by atoms with Crippen molar-refractivity contribution < 1.29 is 14.3 Å². The van der Waals surface area contributed by atoms with Crippen molar-refractivity contribution in [1.82, 2.24) is 19.3 Å². The van der Waals surface area contributed by atoms with Gasteiger partial charge in [0.1, 0.15) is 0 Å². The van der Waals surface area contributed by atoms with Crippen molar-refractivity contribution in [3.05, 3.63) is 99.6 Å². The van der Waals surface area contributed by atoms with Gasteiger partial charge >= 0.3 is 5.97 Å². The Labute approximate surface area is 263 Å². The molecule has 3 heterocycles. The SMILES string of the molecule is COC(=O)[C@@H](OC(C)(C)C)c1c(C)cc2nc(-n3cc(-c4ccc5c(cnn5C)c4)ccc3=O)sc2c1-c1ccc(Cl)cc1. The zero-order chi connectivity index (χ0) is 31.3. The van der Waals surface area contributed by atoms with Crippen LogP contribution in [0, 0.1) is 6.92 Å².